The summed E-state index contributed by atoms with van der Waals surface area (Å²) in [6.45, 7) is 5.99. The van der Waals surface area contributed by atoms with Crippen molar-refractivity contribution in [2.75, 3.05) is 7.11 Å². The number of fused-ring (bicyclic) bond motifs is 1. The number of thiazole rings is 1. The molecule has 126 valence electrons. The molecule has 0 saturated heterocycles. The molecule has 0 aliphatic rings. The third kappa shape index (κ3) is 2.47. The number of methoxy groups -OCH3 is 1. The molecule has 6 heteroatoms. The normalized spacial score (nSPS) is 11.2. The number of rotatable bonds is 5. The van der Waals surface area contributed by atoms with E-state index in [1.807, 2.05) is 32.0 Å². The lowest BCUT2D eigenvalue weighted by atomic mass is 10.1. The number of hydrogen-bond acceptors (Lipinski definition) is 4. The molecule has 2 heterocycles. The number of carbonyl (C=O) groups is 1. The second-order valence-corrected chi connectivity index (χ2v) is 6.66. The smallest absolute Gasteiger partial charge is 0.354 e. The van der Waals surface area contributed by atoms with Crippen molar-refractivity contribution in [2.45, 2.75) is 33.6 Å². The van der Waals surface area contributed by atoms with Crippen LogP contribution >= 0.6 is 11.3 Å². The number of aromatic nitrogens is 2. The number of aromatic carboxylic acids is 1. The van der Waals surface area contributed by atoms with E-state index in [1.165, 1.54) is 0 Å². The summed E-state index contributed by atoms with van der Waals surface area (Å²) in [5.41, 5.74) is 3.82. The first-order chi connectivity index (χ1) is 11.5. The molecule has 0 aliphatic heterocycles. The third-order valence-corrected chi connectivity index (χ3v) is 5.33. The van der Waals surface area contributed by atoms with Gasteiger partial charge in [-0.2, -0.15) is 0 Å². The van der Waals surface area contributed by atoms with Gasteiger partial charge in [-0.3, -0.25) is 4.40 Å². The molecule has 0 radical (unpaired) electrons. The van der Waals surface area contributed by atoms with E-state index in [-0.39, 0.29) is 5.69 Å². The van der Waals surface area contributed by atoms with Gasteiger partial charge in [-0.15, -0.1) is 11.3 Å². The largest absolute Gasteiger partial charge is 0.496 e. The van der Waals surface area contributed by atoms with Crippen LogP contribution < -0.4 is 4.74 Å². The number of carboxylic acid groups (broad SMARTS) is 1. The van der Waals surface area contributed by atoms with E-state index in [9.17, 15) is 9.90 Å². The lowest BCUT2D eigenvalue weighted by molar-refractivity contribution is 0.0688. The SMILES string of the molecule is CCc1nc2sc(CC)c(-c3ccc(OC)c(C)c3)n2c1C(=O)O. The van der Waals surface area contributed by atoms with Gasteiger partial charge in [0, 0.05) is 10.4 Å². The monoisotopic (exact) mass is 344 g/mol. The lowest BCUT2D eigenvalue weighted by Gasteiger charge is -2.10. The minimum Gasteiger partial charge on any atom is -0.496 e. The van der Waals surface area contributed by atoms with Gasteiger partial charge in [0.1, 0.15) is 5.75 Å². The van der Waals surface area contributed by atoms with Gasteiger partial charge in [-0.1, -0.05) is 13.8 Å². The van der Waals surface area contributed by atoms with Crippen LogP contribution in [-0.2, 0) is 12.8 Å². The molecule has 1 N–H and O–H groups in total. The van der Waals surface area contributed by atoms with E-state index < -0.39 is 5.97 Å². The summed E-state index contributed by atoms with van der Waals surface area (Å²) in [5.74, 6) is -0.118. The van der Waals surface area contributed by atoms with Gasteiger partial charge in [0.05, 0.1) is 18.5 Å². The highest BCUT2D eigenvalue weighted by molar-refractivity contribution is 7.17. The molecule has 0 fully saturated rings. The number of imidazole rings is 1. The first-order valence-electron chi connectivity index (χ1n) is 7.93. The summed E-state index contributed by atoms with van der Waals surface area (Å²) in [6, 6.07) is 5.94. The third-order valence-electron chi connectivity index (χ3n) is 4.15. The quantitative estimate of drug-likeness (QED) is 0.753. The van der Waals surface area contributed by atoms with Gasteiger partial charge >= 0.3 is 5.97 Å². The number of benzene rings is 1. The second-order valence-electron chi connectivity index (χ2n) is 5.60. The van der Waals surface area contributed by atoms with Crippen molar-refractivity contribution in [3.05, 3.63) is 40.0 Å². The summed E-state index contributed by atoms with van der Waals surface area (Å²) < 4.78 is 7.13. The summed E-state index contributed by atoms with van der Waals surface area (Å²) in [6.07, 6.45) is 1.42. The first kappa shape index (κ1) is 16.5. The van der Waals surface area contributed by atoms with Crippen LogP contribution in [-0.4, -0.2) is 27.6 Å². The van der Waals surface area contributed by atoms with Crippen LogP contribution in [0.25, 0.3) is 16.2 Å². The zero-order chi connectivity index (χ0) is 17.4. The molecule has 2 aromatic heterocycles. The summed E-state index contributed by atoms with van der Waals surface area (Å²) in [7, 11) is 1.65. The topological polar surface area (TPSA) is 63.8 Å². The van der Waals surface area contributed by atoms with E-state index in [0.29, 0.717) is 12.1 Å². The van der Waals surface area contributed by atoms with Crippen molar-refractivity contribution in [3.63, 3.8) is 0 Å². The van der Waals surface area contributed by atoms with E-state index in [1.54, 1.807) is 22.8 Å². The number of aryl methyl sites for hydroxylation is 3. The first-order valence-corrected chi connectivity index (χ1v) is 8.74. The van der Waals surface area contributed by atoms with Crippen LogP contribution in [0.15, 0.2) is 18.2 Å². The fraction of sp³-hybridized carbons (Fsp3) is 0.333. The number of ether oxygens (including phenoxy) is 1. The fourth-order valence-corrected chi connectivity index (χ4v) is 4.12. The van der Waals surface area contributed by atoms with Crippen LogP contribution in [0.3, 0.4) is 0 Å². The van der Waals surface area contributed by atoms with E-state index in [4.69, 9.17) is 4.74 Å². The molecule has 24 heavy (non-hydrogen) atoms. The molecular formula is C18H20N2O3S. The van der Waals surface area contributed by atoms with Crippen LogP contribution in [0.5, 0.6) is 5.75 Å². The van der Waals surface area contributed by atoms with Crippen molar-refractivity contribution in [3.8, 4) is 17.0 Å². The molecule has 3 rings (SSSR count). The van der Waals surface area contributed by atoms with Crippen molar-refractivity contribution >= 4 is 22.3 Å². The standard InChI is InChI=1S/C18H20N2O3S/c1-5-12-16(17(21)22)20-15(14(6-2)24-18(20)19-12)11-7-8-13(23-4)10(3)9-11/h7-9H,5-6H2,1-4H3,(H,21,22). The van der Waals surface area contributed by atoms with E-state index >= 15 is 0 Å². The van der Waals surface area contributed by atoms with E-state index in [2.05, 4.69) is 11.9 Å². The van der Waals surface area contributed by atoms with Crippen LogP contribution in [0.1, 0.15) is 40.5 Å². The second kappa shape index (κ2) is 6.28. The molecule has 0 atom stereocenters. The average Bonchev–Trinajstić information content (AvgIpc) is 3.09. The minimum atomic E-state index is -0.939. The Balaban J connectivity index is 2.35. The number of hydrogen-bond donors (Lipinski definition) is 1. The van der Waals surface area contributed by atoms with Crippen molar-refractivity contribution < 1.29 is 14.6 Å². The van der Waals surface area contributed by atoms with Gasteiger partial charge in [-0.05, 0) is 43.5 Å². The fourth-order valence-electron chi connectivity index (χ4n) is 3.02. The maximum Gasteiger partial charge on any atom is 0.354 e. The summed E-state index contributed by atoms with van der Waals surface area (Å²) in [4.78, 5) is 18.2. The molecule has 0 aliphatic carbocycles. The zero-order valence-corrected chi connectivity index (χ0v) is 15.0. The number of nitrogens with zero attached hydrogens (tertiary/aromatic N) is 2. The molecule has 0 bridgehead atoms. The zero-order valence-electron chi connectivity index (χ0n) is 14.2. The Morgan fingerprint density at radius 2 is 2.08 bits per heavy atom. The predicted molar refractivity (Wildman–Crippen MR) is 95.5 cm³/mol. The van der Waals surface area contributed by atoms with Gasteiger partial charge in [-0.25, -0.2) is 9.78 Å². The summed E-state index contributed by atoms with van der Waals surface area (Å²) >= 11 is 1.56. The highest BCUT2D eigenvalue weighted by atomic mass is 32.1. The molecule has 3 aromatic rings. The minimum absolute atomic E-state index is 0.270. The molecule has 0 spiro atoms. The average molecular weight is 344 g/mol. The molecule has 1 aromatic carbocycles. The predicted octanol–water partition coefficient (Wildman–Crippen LogP) is 4.20. The lowest BCUT2D eigenvalue weighted by Crippen LogP contribution is -2.06. The Morgan fingerprint density at radius 1 is 1.33 bits per heavy atom. The number of carboxylic acids is 1. The molecule has 0 unspecified atom stereocenters. The highest BCUT2D eigenvalue weighted by Gasteiger charge is 2.24. The Bertz CT molecular complexity index is 924. The van der Waals surface area contributed by atoms with Crippen LogP contribution in [0.2, 0.25) is 0 Å². The Kier molecular flexibility index (Phi) is 4.32. The van der Waals surface area contributed by atoms with Crippen LogP contribution in [0, 0.1) is 6.92 Å². The molecule has 0 saturated carbocycles. The van der Waals surface area contributed by atoms with Crippen LogP contribution in [0.4, 0.5) is 0 Å². The maximum absolute atomic E-state index is 11.8. The molecular weight excluding hydrogens is 324 g/mol. The Hall–Kier alpha value is -2.34. The molecule has 5 nitrogen and oxygen atoms in total. The van der Waals surface area contributed by atoms with Gasteiger partial charge < -0.3 is 9.84 Å². The highest BCUT2D eigenvalue weighted by Crippen LogP contribution is 2.36. The molecule has 0 amide bonds. The van der Waals surface area contributed by atoms with Gasteiger partial charge in [0.2, 0.25) is 0 Å². The van der Waals surface area contributed by atoms with Crippen molar-refractivity contribution in [1.82, 2.24) is 9.38 Å². The van der Waals surface area contributed by atoms with Gasteiger partial charge in [0.15, 0.2) is 10.7 Å². The van der Waals surface area contributed by atoms with Gasteiger partial charge in [0.25, 0.3) is 0 Å². The summed E-state index contributed by atoms with van der Waals surface area (Å²) in [5, 5.41) is 9.70. The van der Waals surface area contributed by atoms with E-state index in [0.717, 1.165) is 38.8 Å². The Morgan fingerprint density at radius 3 is 2.62 bits per heavy atom. The maximum atomic E-state index is 11.8. The Labute approximate surface area is 144 Å². The van der Waals surface area contributed by atoms with Crippen molar-refractivity contribution in [2.24, 2.45) is 0 Å². The van der Waals surface area contributed by atoms with Crippen molar-refractivity contribution in [1.29, 1.82) is 0 Å².